The van der Waals surface area contributed by atoms with Crippen LogP contribution in [0.5, 0.6) is 11.5 Å². The molecule has 20 heavy (non-hydrogen) atoms. The lowest BCUT2D eigenvalue weighted by molar-refractivity contribution is -0.121. The summed E-state index contributed by atoms with van der Waals surface area (Å²) in [6.07, 6.45) is 0. The smallest absolute Gasteiger partial charge is 0.234 e. The van der Waals surface area contributed by atoms with Gasteiger partial charge in [0.1, 0.15) is 0 Å². The molecule has 2 N–H and O–H groups in total. The third kappa shape index (κ3) is 4.02. The van der Waals surface area contributed by atoms with Gasteiger partial charge in [0.2, 0.25) is 12.7 Å². The van der Waals surface area contributed by atoms with Crippen molar-refractivity contribution in [1.82, 2.24) is 10.6 Å². The molecular formula is C14H19ClN2O3. The van der Waals surface area contributed by atoms with Crippen LogP contribution < -0.4 is 20.1 Å². The zero-order valence-electron chi connectivity index (χ0n) is 11.9. The minimum Gasteiger partial charge on any atom is -0.454 e. The average molecular weight is 299 g/mol. The van der Waals surface area contributed by atoms with Crippen molar-refractivity contribution in [2.24, 2.45) is 0 Å². The summed E-state index contributed by atoms with van der Waals surface area (Å²) in [4.78, 5) is 11.7. The fourth-order valence-electron chi connectivity index (χ4n) is 1.91. The Morgan fingerprint density at radius 2 is 2.10 bits per heavy atom. The number of carbonyl (C=O) groups excluding carboxylic acids is 1. The summed E-state index contributed by atoms with van der Waals surface area (Å²) in [7, 11) is 0. The van der Waals surface area contributed by atoms with Gasteiger partial charge in [0.25, 0.3) is 0 Å². The number of nitrogens with one attached hydrogen (secondary N) is 2. The zero-order valence-corrected chi connectivity index (χ0v) is 12.6. The van der Waals surface area contributed by atoms with Gasteiger partial charge in [0.05, 0.1) is 11.6 Å². The second-order valence-electron chi connectivity index (χ2n) is 5.71. The molecule has 0 unspecified atom stereocenters. The molecule has 0 radical (unpaired) electrons. The first-order valence-electron chi connectivity index (χ1n) is 6.45. The zero-order chi connectivity index (χ0) is 14.8. The maximum atomic E-state index is 11.7. The summed E-state index contributed by atoms with van der Waals surface area (Å²) >= 11 is 6.09. The van der Waals surface area contributed by atoms with Crippen molar-refractivity contribution < 1.29 is 14.3 Å². The Balaban J connectivity index is 1.86. The molecule has 0 fully saturated rings. The Labute approximate surface area is 123 Å². The Bertz CT molecular complexity index is 512. The molecule has 110 valence electrons. The van der Waals surface area contributed by atoms with Crippen LogP contribution in [-0.4, -0.2) is 24.8 Å². The molecule has 0 spiro atoms. The first-order valence-corrected chi connectivity index (χ1v) is 6.83. The monoisotopic (exact) mass is 298 g/mol. The lowest BCUT2D eigenvalue weighted by Gasteiger charge is -2.20. The highest BCUT2D eigenvalue weighted by atomic mass is 35.5. The molecule has 0 saturated heterocycles. The molecule has 0 aromatic heterocycles. The summed E-state index contributed by atoms with van der Waals surface area (Å²) < 4.78 is 10.5. The minimum atomic E-state index is -0.221. The van der Waals surface area contributed by atoms with E-state index in [9.17, 15) is 4.79 Å². The van der Waals surface area contributed by atoms with E-state index in [-0.39, 0.29) is 24.8 Å². The van der Waals surface area contributed by atoms with Gasteiger partial charge in [-0.15, -0.1) is 0 Å². The van der Waals surface area contributed by atoms with E-state index in [4.69, 9.17) is 21.1 Å². The van der Waals surface area contributed by atoms with Crippen LogP contribution >= 0.6 is 11.6 Å². The molecule has 1 aliphatic heterocycles. The van der Waals surface area contributed by atoms with Gasteiger partial charge in [-0.2, -0.15) is 0 Å². The average Bonchev–Trinajstić information content (AvgIpc) is 2.75. The number of amides is 1. The van der Waals surface area contributed by atoms with Gasteiger partial charge in [0.15, 0.2) is 11.5 Å². The van der Waals surface area contributed by atoms with Gasteiger partial charge in [-0.3, -0.25) is 4.79 Å². The highest BCUT2D eigenvalue weighted by molar-refractivity contribution is 6.32. The summed E-state index contributed by atoms with van der Waals surface area (Å²) in [6.45, 7) is 6.82. The molecule has 1 aromatic carbocycles. The van der Waals surface area contributed by atoms with Crippen LogP contribution in [0, 0.1) is 0 Å². The van der Waals surface area contributed by atoms with Crippen LogP contribution in [0.15, 0.2) is 12.1 Å². The Hall–Kier alpha value is -1.46. The lowest BCUT2D eigenvalue weighted by atomic mass is 10.1. The molecule has 0 atom stereocenters. The van der Waals surface area contributed by atoms with Crippen molar-refractivity contribution in [2.75, 3.05) is 13.3 Å². The van der Waals surface area contributed by atoms with E-state index in [1.807, 2.05) is 32.9 Å². The van der Waals surface area contributed by atoms with E-state index in [1.54, 1.807) is 0 Å². The normalized spacial score (nSPS) is 13.4. The molecule has 0 saturated carbocycles. The van der Waals surface area contributed by atoms with Gasteiger partial charge in [-0.1, -0.05) is 11.6 Å². The fourth-order valence-corrected chi connectivity index (χ4v) is 2.19. The molecule has 6 heteroatoms. The van der Waals surface area contributed by atoms with E-state index in [0.717, 1.165) is 5.56 Å². The summed E-state index contributed by atoms with van der Waals surface area (Å²) in [5.74, 6) is 1.19. The van der Waals surface area contributed by atoms with Crippen molar-refractivity contribution in [2.45, 2.75) is 32.9 Å². The van der Waals surface area contributed by atoms with Crippen LogP contribution in [0.3, 0.4) is 0 Å². The molecule has 0 aliphatic carbocycles. The Kier molecular flexibility index (Phi) is 4.40. The molecule has 1 amide bonds. The first-order chi connectivity index (χ1) is 9.35. The number of halogens is 1. The van der Waals surface area contributed by atoms with Gasteiger partial charge in [0, 0.05) is 12.1 Å². The first kappa shape index (κ1) is 14.9. The fraction of sp³-hybridized carbons (Fsp3) is 0.500. The predicted molar refractivity (Wildman–Crippen MR) is 77.2 cm³/mol. The number of rotatable bonds is 4. The van der Waals surface area contributed by atoms with E-state index >= 15 is 0 Å². The molecule has 5 nitrogen and oxygen atoms in total. The second-order valence-corrected chi connectivity index (χ2v) is 6.12. The highest BCUT2D eigenvalue weighted by Gasteiger charge is 2.18. The number of benzene rings is 1. The number of carbonyl (C=O) groups is 1. The topological polar surface area (TPSA) is 59.6 Å². The number of fused-ring (bicyclic) bond motifs is 1. The van der Waals surface area contributed by atoms with Crippen molar-refractivity contribution in [3.05, 3.63) is 22.7 Å². The molecular weight excluding hydrogens is 280 g/mol. The molecule has 1 aromatic rings. The van der Waals surface area contributed by atoms with Crippen molar-refractivity contribution in [3.8, 4) is 11.5 Å². The van der Waals surface area contributed by atoms with Crippen LogP contribution in [0.25, 0.3) is 0 Å². The molecule has 2 rings (SSSR count). The SMILES string of the molecule is CC(C)(C)NC(=O)CNCc1cc(Cl)c2c(c1)OCO2. The van der Waals surface area contributed by atoms with Crippen molar-refractivity contribution in [1.29, 1.82) is 0 Å². The van der Waals surface area contributed by atoms with Crippen molar-refractivity contribution >= 4 is 17.5 Å². The van der Waals surface area contributed by atoms with Crippen LogP contribution in [0.4, 0.5) is 0 Å². The van der Waals surface area contributed by atoms with E-state index in [2.05, 4.69) is 10.6 Å². The largest absolute Gasteiger partial charge is 0.454 e. The van der Waals surface area contributed by atoms with Crippen LogP contribution in [0.1, 0.15) is 26.3 Å². The van der Waals surface area contributed by atoms with Gasteiger partial charge in [-0.25, -0.2) is 0 Å². The van der Waals surface area contributed by atoms with Gasteiger partial charge < -0.3 is 20.1 Å². The van der Waals surface area contributed by atoms with Crippen molar-refractivity contribution in [3.63, 3.8) is 0 Å². The third-order valence-electron chi connectivity index (χ3n) is 2.62. The summed E-state index contributed by atoms with van der Waals surface area (Å²) in [5.41, 5.74) is 0.726. The third-order valence-corrected chi connectivity index (χ3v) is 2.90. The maximum Gasteiger partial charge on any atom is 0.234 e. The van der Waals surface area contributed by atoms with Crippen LogP contribution in [0.2, 0.25) is 5.02 Å². The lowest BCUT2D eigenvalue weighted by Crippen LogP contribution is -2.44. The summed E-state index contributed by atoms with van der Waals surface area (Å²) in [5, 5.41) is 6.49. The van der Waals surface area contributed by atoms with E-state index in [0.29, 0.717) is 23.1 Å². The highest BCUT2D eigenvalue weighted by Crippen LogP contribution is 2.39. The van der Waals surface area contributed by atoms with Gasteiger partial charge in [-0.05, 0) is 38.5 Å². The molecule has 1 heterocycles. The molecule has 0 bridgehead atoms. The van der Waals surface area contributed by atoms with E-state index in [1.165, 1.54) is 0 Å². The van der Waals surface area contributed by atoms with E-state index < -0.39 is 0 Å². The Morgan fingerprint density at radius 3 is 2.80 bits per heavy atom. The number of hydrogen-bond donors (Lipinski definition) is 2. The number of ether oxygens (including phenoxy) is 2. The number of hydrogen-bond acceptors (Lipinski definition) is 4. The van der Waals surface area contributed by atoms with Gasteiger partial charge >= 0.3 is 0 Å². The molecule has 1 aliphatic rings. The minimum absolute atomic E-state index is 0.0376. The second kappa shape index (κ2) is 5.89. The maximum absolute atomic E-state index is 11.7. The standard InChI is InChI=1S/C14H19ClN2O3/c1-14(2,3)17-12(18)7-16-6-9-4-10(15)13-11(5-9)19-8-20-13/h4-5,16H,6-8H2,1-3H3,(H,17,18). The Morgan fingerprint density at radius 1 is 1.35 bits per heavy atom. The predicted octanol–water partition coefficient (Wildman–Crippen LogP) is 2.07. The quantitative estimate of drug-likeness (QED) is 0.893. The van der Waals surface area contributed by atoms with Crippen LogP contribution in [-0.2, 0) is 11.3 Å². The summed E-state index contributed by atoms with van der Waals surface area (Å²) in [6, 6.07) is 3.67.